The van der Waals surface area contributed by atoms with Crippen molar-refractivity contribution >= 4 is 41.0 Å². The van der Waals surface area contributed by atoms with Crippen molar-refractivity contribution in [1.29, 1.82) is 5.26 Å². The normalized spacial score (nSPS) is 23.0. The van der Waals surface area contributed by atoms with Crippen molar-refractivity contribution in [2.24, 2.45) is 16.2 Å². The number of nitrogens with one attached hydrogen (secondary N) is 4. The molecule has 17 heteroatoms. The molecule has 7 rings (SSSR count). The van der Waals surface area contributed by atoms with Crippen molar-refractivity contribution in [2.45, 2.75) is 117 Å². The summed E-state index contributed by atoms with van der Waals surface area (Å²) in [5, 5.41) is 20.1. The third-order valence-electron chi connectivity index (χ3n) is 14.3. The molecule has 0 spiro atoms. The van der Waals surface area contributed by atoms with Gasteiger partial charge in [-0.25, -0.2) is 10.4 Å². The molecule has 0 radical (unpaired) electrons. The van der Waals surface area contributed by atoms with E-state index in [1.807, 2.05) is 45.9 Å². The largest absolute Gasteiger partial charge is 0.489 e. The van der Waals surface area contributed by atoms with Crippen LogP contribution in [0.3, 0.4) is 0 Å². The molecule has 69 heavy (non-hydrogen) atoms. The van der Waals surface area contributed by atoms with Gasteiger partial charge in [-0.3, -0.25) is 29.1 Å². The van der Waals surface area contributed by atoms with E-state index in [1.54, 1.807) is 30.5 Å². The van der Waals surface area contributed by atoms with Gasteiger partial charge in [-0.1, -0.05) is 84.3 Å². The van der Waals surface area contributed by atoms with Gasteiger partial charge in [0.05, 0.1) is 22.8 Å². The number of hydrogen-bond acceptors (Lipinski definition) is 12. The molecule has 4 amide bonds. The second-order valence-electron chi connectivity index (χ2n) is 21.3. The lowest BCUT2D eigenvalue weighted by Gasteiger charge is -2.63. The Balaban J connectivity index is 0.818. The summed E-state index contributed by atoms with van der Waals surface area (Å²) in [6.45, 7) is 21.5. The third-order valence-corrected chi connectivity index (χ3v) is 14.6. The number of nitriles is 1. The summed E-state index contributed by atoms with van der Waals surface area (Å²) in [6.07, 6.45) is 3.87. The van der Waals surface area contributed by atoms with Crippen LogP contribution in [0.25, 0.3) is 0 Å². The van der Waals surface area contributed by atoms with Gasteiger partial charge in [0.25, 0.3) is 11.8 Å². The molecular weight excluding hydrogens is 898 g/mol. The maximum absolute atomic E-state index is 14.1. The number of hydrogen-bond donors (Lipinski definition) is 4. The number of pyridine rings is 1. The molecule has 1 aromatic heterocycles. The number of carbonyl (C=O) groups excluding carboxylic acids is 4. The van der Waals surface area contributed by atoms with Crippen LogP contribution in [0.4, 0.5) is 5.82 Å². The molecule has 4 N–H and O–H groups in total. The first-order valence-corrected chi connectivity index (χ1v) is 24.6. The standard InChI is InChI=1S/C52H70ClN9O7/c1-33-27-41(46(65)56-30-34-9-11-35(12-10-34)36-17-24-67-25-18-36)62(59-33)47(66)44(50(2,3)4)57-43(63)32-68-26-23-60-19-21-61(22-20-60)42-16-14-38(31-55-42)45(64)58-48-51(5,6)49(52(48,7)8)69-39-15-13-37(29-54)40(53)28-39/h9-16,28,31,33,36,41,44,48-49,59H,17-27,30,32H2,1-8H3,(H,56,65)(H,57,63)(H,58,64)/t33-,41+,44-,48?,49?/m1/s1. The molecule has 3 aliphatic heterocycles. The van der Waals surface area contributed by atoms with Gasteiger partial charge >= 0.3 is 0 Å². The highest BCUT2D eigenvalue weighted by atomic mass is 35.5. The van der Waals surface area contributed by atoms with Gasteiger partial charge in [-0.2, -0.15) is 5.26 Å². The fourth-order valence-corrected chi connectivity index (χ4v) is 10.8. The van der Waals surface area contributed by atoms with E-state index >= 15 is 0 Å². The Bertz CT molecular complexity index is 2320. The molecule has 3 saturated heterocycles. The first-order valence-electron chi connectivity index (χ1n) is 24.3. The Labute approximate surface area is 412 Å². The number of aromatic nitrogens is 1. The lowest BCUT2D eigenvalue weighted by molar-refractivity contribution is -0.164. The van der Waals surface area contributed by atoms with Gasteiger partial charge in [0.15, 0.2) is 0 Å². The van der Waals surface area contributed by atoms with Crippen LogP contribution >= 0.6 is 11.6 Å². The summed E-state index contributed by atoms with van der Waals surface area (Å²) < 4.78 is 17.7. The smallest absolute Gasteiger partial charge is 0.260 e. The zero-order chi connectivity index (χ0) is 49.7. The first-order chi connectivity index (χ1) is 32.8. The lowest BCUT2D eigenvalue weighted by Crippen LogP contribution is -2.74. The van der Waals surface area contributed by atoms with E-state index in [1.165, 1.54) is 10.6 Å². The molecular formula is C52H70ClN9O7. The molecule has 0 bridgehead atoms. The fourth-order valence-electron chi connectivity index (χ4n) is 10.6. The predicted molar refractivity (Wildman–Crippen MR) is 263 cm³/mol. The Morgan fingerprint density at radius 1 is 0.986 bits per heavy atom. The molecule has 3 aromatic rings. The SMILES string of the molecule is C[C@@H]1C[C@@H](C(=O)NCc2ccc(C3CCOCC3)cc2)N(C(=O)[C@@H](NC(=O)COCCN2CCN(c3ccc(C(=O)NC4C(C)(C)C(Oc5ccc(C#N)c(Cl)c5)C4(C)C)cn3)CC2)C(C)(C)C)N1. The van der Waals surface area contributed by atoms with Crippen molar-refractivity contribution in [2.75, 3.05) is 64.1 Å². The number of nitrogens with zero attached hydrogens (tertiary/aromatic N) is 5. The zero-order valence-corrected chi connectivity index (χ0v) is 42.2. The zero-order valence-electron chi connectivity index (χ0n) is 41.4. The van der Waals surface area contributed by atoms with E-state index in [0.29, 0.717) is 53.9 Å². The molecule has 4 aliphatic rings. The molecule has 1 aliphatic carbocycles. The van der Waals surface area contributed by atoms with Gasteiger partial charge in [0.1, 0.15) is 42.4 Å². The molecule has 2 aromatic carbocycles. The van der Waals surface area contributed by atoms with Gasteiger partial charge < -0.3 is 35.1 Å². The van der Waals surface area contributed by atoms with Crippen LogP contribution in [0.15, 0.2) is 60.8 Å². The maximum atomic E-state index is 14.1. The minimum absolute atomic E-state index is 0.112. The number of benzene rings is 2. The highest BCUT2D eigenvalue weighted by Gasteiger charge is 2.64. The van der Waals surface area contributed by atoms with Crippen LogP contribution in [0.2, 0.25) is 5.02 Å². The summed E-state index contributed by atoms with van der Waals surface area (Å²) in [5.41, 5.74) is 4.87. The number of carbonyl (C=O) groups is 4. The number of piperazine rings is 1. The molecule has 4 heterocycles. The number of halogens is 1. The van der Waals surface area contributed by atoms with Crippen LogP contribution in [0.5, 0.6) is 5.75 Å². The van der Waals surface area contributed by atoms with E-state index in [2.05, 4.69) is 82.1 Å². The van der Waals surface area contributed by atoms with E-state index in [4.69, 9.17) is 25.8 Å². The summed E-state index contributed by atoms with van der Waals surface area (Å²) in [4.78, 5) is 63.5. The lowest BCUT2D eigenvalue weighted by atomic mass is 9.49. The second-order valence-corrected chi connectivity index (χ2v) is 21.7. The Morgan fingerprint density at radius 3 is 2.30 bits per heavy atom. The van der Waals surface area contributed by atoms with E-state index in [0.717, 1.165) is 63.6 Å². The quantitative estimate of drug-likeness (QED) is 0.131. The first kappa shape index (κ1) is 51.5. The van der Waals surface area contributed by atoms with Crippen molar-refractivity contribution in [3.05, 3.63) is 88.1 Å². The fraction of sp³-hybridized carbons (Fsp3) is 0.577. The third kappa shape index (κ3) is 12.2. The van der Waals surface area contributed by atoms with Gasteiger partial charge in [-0.05, 0) is 72.9 Å². The van der Waals surface area contributed by atoms with Crippen molar-refractivity contribution in [3.63, 3.8) is 0 Å². The second kappa shape index (κ2) is 21.8. The predicted octanol–water partition coefficient (Wildman–Crippen LogP) is 5.59. The maximum Gasteiger partial charge on any atom is 0.260 e. The average molecular weight is 969 g/mol. The highest BCUT2D eigenvalue weighted by molar-refractivity contribution is 6.31. The number of amides is 4. The molecule has 16 nitrogen and oxygen atoms in total. The van der Waals surface area contributed by atoms with Gasteiger partial charge in [-0.15, -0.1) is 0 Å². The van der Waals surface area contributed by atoms with Crippen LogP contribution in [0.1, 0.15) is 108 Å². The van der Waals surface area contributed by atoms with E-state index in [9.17, 15) is 24.4 Å². The number of ether oxygens (including phenoxy) is 3. The molecule has 0 unspecified atom stereocenters. The monoisotopic (exact) mass is 968 g/mol. The summed E-state index contributed by atoms with van der Waals surface area (Å²) in [7, 11) is 0. The molecule has 3 atom stereocenters. The highest BCUT2D eigenvalue weighted by Crippen LogP contribution is 2.55. The van der Waals surface area contributed by atoms with E-state index in [-0.39, 0.29) is 42.5 Å². The summed E-state index contributed by atoms with van der Waals surface area (Å²) >= 11 is 6.26. The molecule has 372 valence electrons. The number of anilines is 1. The average Bonchev–Trinajstić information content (AvgIpc) is 3.73. The van der Waals surface area contributed by atoms with Crippen molar-refractivity contribution in [3.8, 4) is 11.8 Å². The minimum Gasteiger partial charge on any atom is -0.489 e. The summed E-state index contributed by atoms with van der Waals surface area (Å²) in [6, 6.07) is 17.2. The Hall–Kier alpha value is -5.31. The van der Waals surface area contributed by atoms with Crippen molar-refractivity contribution in [1.82, 2.24) is 36.3 Å². The summed E-state index contributed by atoms with van der Waals surface area (Å²) in [5.74, 6) is 0.627. The topological polar surface area (TPSA) is 190 Å². The number of rotatable bonds is 16. The van der Waals surface area contributed by atoms with Crippen LogP contribution in [-0.2, 0) is 30.4 Å². The van der Waals surface area contributed by atoms with Crippen LogP contribution in [-0.4, -0.2) is 128 Å². The van der Waals surface area contributed by atoms with Crippen molar-refractivity contribution < 1.29 is 33.4 Å². The molecule has 1 saturated carbocycles. The van der Waals surface area contributed by atoms with Gasteiger partial charge in [0.2, 0.25) is 11.8 Å². The minimum atomic E-state index is -0.901. The van der Waals surface area contributed by atoms with E-state index < -0.39 is 34.2 Å². The van der Waals surface area contributed by atoms with Crippen LogP contribution < -0.4 is 31.0 Å². The Morgan fingerprint density at radius 2 is 1.68 bits per heavy atom. The number of hydrazine groups is 1. The van der Waals surface area contributed by atoms with Crippen LogP contribution in [0, 0.1) is 27.6 Å². The Kier molecular flexibility index (Phi) is 16.3. The molecule has 4 fully saturated rings. The van der Waals surface area contributed by atoms with Gasteiger partial charge in [0, 0.05) is 87.7 Å².